The number of halogens is 1. The molecule has 0 heterocycles. The molecule has 0 saturated carbocycles. The highest BCUT2D eigenvalue weighted by Crippen LogP contribution is 2.12. The average Bonchev–Trinajstić information content (AvgIpc) is 2.23. The van der Waals surface area contributed by atoms with Crippen molar-refractivity contribution >= 4 is 17.7 Å². The number of aliphatic carboxylic acids is 1. The van der Waals surface area contributed by atoms with E-state index in [9.17, 15) is 14.0 Å². The molecule has 0 saturated heterocycles. The SMILES string of the molecule is Cc1cc(F)cc(NC(=O)N[C@@H](CO)C(=O)O)c1. The number of carbonyl (C=O) groups is 2. The number of urea groups is 1. The molecule has 98 valence electrons. The van der Waals surface area contributed by atoms with Crippen LogP contribution in [-0.2, 0) is 4.79 Å². The Hall–Kier alpha value is -2.15. The zero-order valence-corrected chi connectivity index (χ0v) is 9.61. The van der Waals surface area contributed by atoms with Crippen LogP contribution in [0.1, 0.15) is 5.56 Å². The second-order valence-electron chi connectivity index (χ2n) is 3.69. The summed E-state index contributed by atoms with van der Waals surface area (Å²) in [6.45, 7) is 0.922. The van der Waals surface area contributed by atoms with Crippen molar-refractivity contribution in [1.82, 2.24) is 5.32 Å². The largest absolute Gasteiger partial charge is 0.480 e. The first-order valence-electron chi connectivity index (χ1n) is 5.10. The van der Waals surface area contributed by atoms with Gasteiger partial charge >= 0.3 is 12.0 Å². The van der Waals surface area contributed by atoms with Crippen molar-refractivity contribution in [2.24, 2.45) is 0 Å². The highest BCUT2D eigenvalue weighted by molar-refractivity contribution is 5.92. The molecule has 0 aromatic heterocycles. The van der Waals surface area contributed by atoms with Gasteiger partial charge in [0.05, 0.1) is 6.61 Å². The summed E-state index contributed by atoms with van der Waals surface area (Å²) in [6.07, 6.45) is 0. The van der Waals surface area contributed by atoms with Gasteiger partial charge in [0.1, 0.15) is 5.82 Å². The normalized spacial score (nSPS) is 11.7. The van der Waals surface area contributed by atoms with E-state index in [4.69, 9.17) is 10.2 Å². The van der Waals surface area contributed by atoms with Gasteiger partial charge in [-0.25, -0.2) is 14.0 Å². The summed E-state index contributed by atoms with van der Waals surface area (Å²) in [5, 5.41) is 21.6. The minimum atomic E-state index is -1.40. The molecule has 4 N–H and O–H groups in total. The van der Waals surface area contributed by atoms with Gasteiger partial charge in [-0.1, -0.05) is 0 Å². The monoisotopic (exact) mass is 256 g/mol. The molecule has 1 rings (SSSR count). The third-order valence-electron chi connectivity index (χ3n) is 2.09. The van der Waals surface area contributed by atoms with Crippen LogP contribution in [0.15, 0.2) is 18.2 Å². The molecular weight excluding hydrogens is 243 g/mol. The van der Waals surface area contributed by atoms with Gasteiger partial charge in [0.2, 0.25) is 0 Å². The molecular formula is C11H13FN2O4. The molecule has 0 spiro atoms. The third kappa shape index (κ3) is 4.02. The van der Waals surface area contributed by atoms with Crippen molar-refractivity contribution in [2.75, 3.05) is 11.9 Å². The first-order chi connectivity index (χ1) is 8.42. The smallest absolute Gasteiger partial charge is 0.328 e. The Morgan fingerprint density at radius 1 is 1.39 bits per heavy atom. The van der Waals surface area contributed by atoms with Crippen LogP contribution in [0.2, 0.25) is 0 Å². The maximum atomic E-state index is 13.0. The lowest BCUT2D eigenvalue weighted by Crippen LogP contribution is -2.45. The zero-order chi connectivity index (χ0) is 13.7. The second kappa shape index (κ2) is 5.97. The summed E-state index contributed by atoms with van der Waals surface area (Å²) in [5.74, 6) is -1.87. The summed E-state index contributed by atoms with van der Waals surface area (Å²) in [5.41, 5.74) is 0.814. The third-order valence-corrected chi connectivity index (χ3v) is 2.09. The lowest BCUT2D eigenvalue weighted by Gasteiger charge is -2.12. The topological polar surface area (TPSA) is 98.7 Å². The van der Waals surface area contributed by atoms with Crippen LogP contribution in [0.3, 0.4) is 0 Å². The van der Waals surface area contributed by atoms with Crippen molar-refractivity contribution in [1.29, 1.82) is 0 Å². The summed E-state index contributed by atoms with van der Waals surface area (Å²) in [6, 6.07) is 1.68. The Morgan fingerprint density at radius 3 is 2.56 bits per heavy atom. The van der Waals surface area contributed by atoms with Gasteiger partial charge in [-0.15, -0.1) is 0 Å². The van der Waals surface area contributed by atoms with Crippen LogP contribution >= 0.6 is 0 Å². The van der Waals surface area contributed by atoms with Gasteiger partial charge in [-0.05, 0) is 30.7 Å². The molecule has 2 amide bonds. The van der Waals surface area contributed by atoms with E-state index < -0.39 is 30.5 Å². The first-order valence-corrected chi connectivity index (χ1v) is 5.10. The number of hydrogen-bond donors (Lipinski definition) is 4. The lowest BCUT2D eigenvalue weighted by atomic mass is 10.2. The fourth-order valence-corrected chi connectivity index (χ4v) is 1.32. The highest BCUT2D eigenvalue weighted by atomic mass is 19.1. The Bertz CT molecular complexity index is 444. The van der Waals surface area contributed by atoms with Crippen LogP contribution in [0, 0.1) is 12.7 Å². The number of carboxylic acid groups (broad SMARTS) is 1. The standard InChI is InChI=1S/C11H13FN2O4/c1-6-2-7(12)4-8(3-6)13-11(18)14-9(5-15)10(16)17/h2-4,9,15H,5H2,1H3,(H,16,17)(H2,13,14,18)/t9-/m0/s1. The van der Waals surface area contributed by atoms with Crippen molar-refractivity contribution < 1.29 is 24.2 Å². The number of amides is 2. The second-order valence-corrected chi connectivity index (χ2v) is 3.69. The fraction of sp³-hybridized carbons (Fsp3) is 0.273. The molecule has 0 aliphatic rings. The molecule has 1 atom stereocenters. The van der Waals surface area contributed by atoms with E-state index >= 15 is 0 Å². The van der Waals surface area contributed by atoms with Gasteiger partial charge in [0, 0.05) is 5.69 Å². The van der Waals surface area contributed by atoms with Crippen LogP contribution in [-0.4, -0.2) is 34.9 Å². The molecule has 1 aromatic carbocycles. The number of anilines is 1. The molecule has 0 unspecified atom stereocenters. The van der Waals surface area contributed by atoms with Gasteiger partial charge in [0.15, 0.2) is 6.04 Å². The number of carboxylic acids is 1. The molecule has 0 aliphatic heterocycles. The molecule has 18 heavy (non-hydrogen) atoms. The molecule has 1 aromatic rings. The van der Waals surface area contributed by atoms with E-state index in [1.807, 2.05) is 5.32 Å². The molecule has 7 heteroatoms. The number of aryl methyl sites for hydroxylation is 1. The summed E-state index contributed by atoms with van der Waals surface area (Å²) in [4.78, 5) is 22.0. The predicted octanol–water partition coefficient (Wildman–Crippen LogP) is 0.701. The molecule has 0 radical (unpaired) electrons. The molecule has 0 aliphatic carbocycles. The van der Waals surface area contributed by atoms with Crippen LogP contribution in [0.25, 0.3) is 0 Å². The molecule has 6 nitrogen and oxygen atoms in total. The minimum Gasteiger partial charge on any atom is -0.480 e. The van der Waals surface area contributed by atoms with E-state index in [2.05, 4.69) is 5.32 Å². The van der Waals surface area contributed by atoms with Crippen molar-refractivity contribution in [2.45, 2.75) is 13.0 Å². The minimum absolute atomic E-state index is 0.201. The van der Waals surface area contributed by atoms with E-state index in [1.54, 1.807) is 6.92 Å². The fourth-order valence-electron chi connectivity index (χ4n) is 1.32. The van der Waals surface area contributed by atoms with Crippen LogP contribution < -0.4 is 10.6 Å². The number of carbonyl (C=O) groups excluding carboxylic acids is 1. The first kappa shape index (κ1) is 13.9. The van der Waals surface area contributed by atoms with Crippen LogP contribution in [0.4, 0.5) is 14.9 Å². The van der Waals surface area contributed by atoms with Gasteiger partial charge in [-0.3, -0.25) is 0 Å². The number of benzene rings is 1. The number of hydrogen-bond acceptors (Lipinski definition) is 3. The quantitative estimate of drug-likeness (QED) is 0.637. The number of aliphatic hydroxyl groups excluding tert-OH is 1. The van der Waals surface area contributed by atoms with E-state index in [-0.39, 0.29) is 5.69 Å². The average molecular weight is 256 g/mol. The Labute approximate surface area is 102 Å². The highest BCUT2D eigenvalue weighted by Gasteiger charge is 2.18. The summed E-state index contributed by atoms with van der Waals surface area (Å²) >= 11 is 0. The Kier molecular flexibility index (Phi) is 4.61. The number of aliphatic hydroxyl groups is 1. The van der Waals surface area contributed by atoms with Crippen molar-refractivity contribution in [3.63, 3.8) is 0 Å². The maximum absolute atomic E-state index is 13.0. The van der Waals surface area contributed by atoms with E-state index in [0.29, 0.717) is 5.56 Å². The number of rotatable bonds is 4. The zero-order valence-electron chi connectivity index (χ0n) is 9.61. The van der Waals surface area contributed by atoms with E-state index in [0.717, 1.165) is 6.07 Å². The Balaban J connectivity index is 2.67. The van der Waals surface area contributed by atoms with Crippen molar-refractivity contribution in [3.8, 4) is 0 Å². The predicted molar refractivity (Wildman–Crippen MR) is 61.8 cm³/mol. The summed E-state index contributed by atoms with van der Waals surface area (Å²) in [7, 11) is 0. The van der Waals surface area contributed by atoms with Gasteiger partial charge in [-0.2, -0.15) is 0 Å². The van der Waals surface area contributed by atoms with Crippen molar-refractivity contribution in [3.05, 3.63) is 29.6 Å². The summed E-state index contributed by atoms with van der Waals surface area (Å²) < 4.78 is 13.0. The van der Waals surface area contributed by atoms with E-state index in [1.165, 1.54) is 12.1 Å². The maximum Gasteiger partial charge on any atom is 0.328 e. The number of nitrogens with one attached hydrogen (secondary N) is 2. The van der Waals surface area contributed by atoms with Gasteiger partial charge < -0.3 is 20.8 Å². The Morgan fingerprint density at radius 2 is 2.06 bits per heavy atom. The lowest BCUT2D eigenvalue weighted by molar-refractivity contribution is -0.140. The van der Waals surface area contributed by atoms with Crippen LogP contribution in [0.5, 0.6) is 0 Å². The van der Waals surface area contributed by atoms with Gasteiger partial charge in [0.25, 0.3) is 0 Å². The molecule has 0 fully saturated rings. The molecule has 0 bridgehead atoms.